The SMILES string of the molecule is CCN(CC)S(=O)(=O)c1ccc(N(C)CC(=O)Nc2c(C)cc(C)cc2C)c([N+](=O)[O-])c1. The molecule has 2 aromatic rings. The molecule has 2 aromatic carbocycles. The van der Waals surface area contributed by atoms with Crippen molar-refractivity contribution in [2.75, 3.05) is 36.9 Å². The molecule has 1 amide bonds. The van der Waals surface area contributed by atoms with E-state index in [2.05, 4.69) is 5.32 Å². The number of rotatable bonds is 9. The molecule has 174 valence electrons. The average molecular weight is 463 g/mol. The molecule has 0 aliphatic heterocycles. The van der Waals surface area contributed by atoms with Crippen molar-refractivity contribution < 1.29 is 18.1 Å². The highest BCUT2D eigenvalue weighted by Crippen LogP contribution is 2.31. The summed E-state index contributed by atoms with van der Waals surface area (Å²) >= 11 is 0. The highest BCUT2D eigenvalue weighted by atomic mass is 32.2. The van der Waals surface area contributed by atoms with Crippen LogP contribution in [0.25, 0.3) is 0 Å². The molecule has 0 aliphatic rings. The van der Waals surface area contributed by atoms with E-state index in [9.17, 15) is 23.3 Å². The zero-order chi connectivity index (χ0) is 24.2. The molecule has 0 aliphatic carbocycles. The zero-order valence-corrected chi connectivity index (χ0v) is 20.1. The Balaban J connectivity index is 2.31. The van der Waals surface area contributed by atoms with Gasteiger partial charge in [0.05, 0.1) is 16.4 Å². The third kappa shape index (κ3) is 5.43. The summed E-state index contributed by atoms with van der Waals surface area (Å²) in [4.78, 5) is 25.0. The minimum Gasteiger partial charge on any atom is -0.360 e. The van der Waals surface area contributed by atoms with Crippen molar-refractivity contribution >= 4 is 33.0 Å². The highest BCUT2D eigenvalue weighted by molar-refractivity contribution is 7.89. The van der Waals surface area contributed by atoms with E-state index in [0.29, 0.717) is 5.69 Å². The lowest BCUT2D eigenvalue weighted by molar-refractivity contribution is -0.384. The molecule has 0 fully saturated rings. The van der Waals surface area contributed by atoms with Gasteiger partial charge in [-0.1, -0.05) is 31.5 Å². The Bertz CT molecular complexity index is 1100. The summed E-state index contributed by atoms with van der Waals surface area (Å²) < 4.78 is 26.7. The molecule has 0 bridgehead atoms. The summed E-state index contributed by atoms with van der Waals surface area (Å²) in [5.74, 6) is -0.336. The summed E-state index contributed by atoms with van der Waals surface area (Å²) in [6.45, 7) is 9.55. The van der Waals surface area contributed by atoms with Crippen LogP contribution in [0.3, 0.4) is 0 Å². The maximum Gasteiger partial charge on any atom is 0.293 e. The standard InChI is InChI=1S/C22H30N4O5S/c1-7-25(8-2)32(30,31)18-9-10-19(20(13-18)26(28)29)24(6)14-21(27)23-22-16(4)11-15(3)12-17(22)5/h9-13H,7-8,14H2,1-6H3,(H,23,27). The monoisotopic (exact) mass is 462 g/mol. The van der Waals surface area contributed by atoms with Crippen LogP contribution in [0.4, 0.5) is 17.1 Å². The number of nitro benzene ring substituents is 1. The number of likely N-dealkylation sites (N-methyl/N-ethyl adjacent to an activating group) is 1. The van der Waals surface area contributed by atoms with Crippen LogP contribution in [0.1, 0.15) is 30.5 Å². The second-order valence-corrected chi connectivity index (χ2v) is 9.61. The molecular weight excluding hydrogens is 432 g/mol. The van der Waals surface area contributed by atoms with Gasteiger partial charge in [-0.2, -0.15) is 4.31 Å². The minimum absolute atomic E-state index is 0.143. The number of nitrogens with one attached hydrogen (secondary N) is 1. The fraction of sp³-hybridized carbons (Fsp3) is 0.409. The Morgan fingerprint density at radius 1 is 1.06 bits per heavy atom. The van der Waals surface area contributed by atoms with Gasteiger partial charge in [0.25, 0.3) is 5.69 Å². The van der Waals surface area contributed by atoms with Crippen molar-refractivity contribution in [3.63, 3.8) is 0 Å². The predicted molar refractivity (Wildman–Crippen MR) is 126 cm³/mol. The Morgan fingerprint density at radius 2 is 1.62 bits per heavy atom. The van der Waals surface area contributed by atoms with Gasteiger partial charge in [-0.3, -0.25) is 14.9 Å². The molecular formula is C22H30N4O5S. The topological polar surface area (TPSA) is 113 Å². The van der Waals surface area contributed by atoms with Crippen molar-refractivity contribution in [3.8, 4) is 0 Å². The Hall–Kier alpha value is -2.98. The number of benzene rings is 2. The van der Waals surface area contributed by atoms with Crippen LogP contribution >= 0.6 is 0 Å². The quantitative estimate of drug-likeness (QED) is 0.450. The Kier molecular flexibility index (Phi) is 7.97. The van der Waals surface area contributed by atoms with E-state index in [-0.39, 0.29) is 41.8 Å². The number of carbonyl (C=O) groups is 1. The maximum absolute atomic E-state index is 12.7. The van der Waals surface area contributed by atoms with Crippen LogP contribution in [0.15, 0.2) is 35.2 Å². The Morgan fingerprint density at radius 3 is 2.12 bits per heavy atom. The van der Waals surface area contributed by atoms with E-state index in [1.54, 1.807) is 20.9 Å². The van der Waals surface area contributed by atoms with Gasteiger partial charge in [-0.25, -0.2) is 8.42 Å². The first-order valence-corrected chi connectivity index (χ1v) is 11.7. The summed E-state index contributed by atoms with van der Waals surface area (Å²) in [6, 6.07) is 7.67. The van der Waals surface area contributed by atoms with Gasteiger partial charge >= 0.3 is 0 Å². The van der Waals surface area contributed by atoms with E-state index in [0.717, 1.165) is 22.8 Å². The number of anilines is 2. The summed E-state index contributed by atoms with van der Waals surface area (Å²) in [6.07, 6.45) is 0. The molecule has 0 aromatic heterocycles. The van der Waals surface area contributed by atoms with Crippen molar-refractivity contribution in [1.29, 1.82) is 0 Å². The number of nitro groups is 1. The second-order valence-electron chi connectivity index (χ2n) is 7.67. The number of aryl methyl sites for hydroxylation is 3. The number of sulfonamides is 1. The van der Waals surface area contributed by atoms with Gasteiger partial charge in [-0.05, 0) is 44.0 Å². The summed E-state index contributed by atoms with van der Waals surface area (Å²) in [5, 5.41) is 14.6. The van der Waals surface area contributed by atoms with E-state index in [1.807, 2.05) is 32.9 Å². The third-order valence-electron chi connectivity index (χ3n) is 5.22. The van der Waals surface area contributed by atoms with Crippen LogP contribution in [0.2, 0.25) is 0 Å². The van der Waals surface area contributed by atoms with Gasteiger partial charge in [0.15, 0.2) is 0 Å². The lowest BCUT2D eigenvalue weighted by atomic mass is 10.1. The molecule has 10 heteroatoms. The Labute approximate surface area is 189 Å². The zero-order valence-electron chi connectivity index (χ0n) is 19.3. The first-order chi connectivity index (χ1) is 14.9. The van der Waals surface area contributed by atoms with Crippen molar-refractivity contribution in [1.82, 2.24) is 4.31 Å². The smallest absolute Gasteiger partial charge is 0.293 e. The second kappa shape index (κ2) is 10.1. The molecule has 2 rings (SSSR count). The van der Waals surface area contributed by atoms with Crippen LogP contribution in [-0.2, 0) is 14.8 Å². The van der Waals surface area contributed by atoms with E-state index < -0.39 is 14.9 Å². The van der Waals surface area contributed by atoms with Gasteiger partial charge in [0.1, 0.15) is 5.69 Å². The maximum atomic E-state index is 12.7. The molecule has 1 N–H and O–H groups in total. The minimum atomic E-state index is -3.85. The van der Waals surface area contributed by atoms with E-state index in [1.165, 1.54) is 21.3 Å². The largest absolute Gasteiger partial charge is 0.360 e. The number of carbonyl (C=O) groups excluding carboxylic acids is 1. The van der Waals surface area contributed by atoms with E-state index in [4.69, 9.17) is 0 Å². The van der Waals surface area contributed by atoms with Crippen molar-refractivity contribution in [3.05, 3.63) is 57.1 Å². The molecule has 0 saturated heterocycles. The fourth-order valence-corrected chi connectivity index (χ4v) is 5.18. The molecule has 0 unspecified atom stereocenters. The van der Waals surface area contributed by atoms with Crippen LogP contribution in [0.5, 0.6) is 0 Å². The molecule has 0 heterocycles. The van der Waals surface area contributed by atoms with Crippen molar-refractivity contribution in [2.45, 2.75) is 39.5 Å². The molecule has 0 spiro atoms. The highest BCUT2D eigenvalue weighted by Gasteiger charge is 2.27. The summed E-state index contributed by atoms with van der Waals surface area (Å²) in [7, 11) is -2.29. The van der Waals surface area contributed by atoms with Gasteiger partial charge in [-0.15, -0.1) is 0 Å². The molecule has 9 nitrogen and oxygen atoms in total. The van der Waals surface area contributed by atoms with Crippen LogP contribution in [-0.4, -0.2) is 50.2 Å². The van der Waals surface area contributed by atoms with Gasteiger partial charge < -0.3 is 10.2 Å². The number of nitrogens with zero attached hydrogens (tertiary/aromatic N) is 3. The number of amides is 1. The molecule has 0 radical (unpaired) electrons. The van der Waals surface area contributed by atoms with Gasteiger partial charge in [0, 0.05) is 31.9 Å². The fourth-order valence-electron chi connectivity index (χ4n) is 3.70. The summed E-state index contributed by atoms with van der Waals surface area (Å²) in [5.41, 5.74) is 3.43. The lowest BCUT2D eigenvalue weighted by Crippen LogP contribution is -2.32. The molecule has 0 atom stereocenters. The van der Waals surface area contributed by atoms with E-state index >= 15 is 0 Å². The number of hydrogen-bond acceptors (Lipinski definition) is 6. The van der Waals surface area contributed by atoms with Gasteiger partial charge in [0.2, 0.25) is 15.9 Å². The number of hydrogen-bond donors (Lipinski definition) is 1. The first kappa shape index (κ1) is 25.3. The lowest BCUT2D eigenvalue weighted by Gasteiger charge is -2.22. The normalized spacial score (nSPS) is 11.5. The van der Waals surface area contributed by atoms with Crippen molar-refractivity contribution in [2.24, 2.45) is 0 Å². The first-order valence-electron chi connectivity index (χ1n) is 10.3. The average Bonchev–Trinajstić information content (AvgIpc) is 2.70. The van der Waals surface area contributed by atoms with Crippen LogP contribution in [0, 0.1) is 30.9 Å². The predicted octanol–water partition coefficient (Wildman–Crippen LogP) is 3.63. The molecule has 32 heavy (non-hydrogen) atoms. The third-order valence-corrected chi connectivity index (χ3v) is 7.27. The molecule has 0 saturated carbocycles. The van der Waals surface area contributed by atoms with Crippen LogP contribution < -0.4 is 10.2 Å².